The van der Waals surface area contributed by atoms with Gasteiger partial charge in [-0.05, 0) is 24.5 Å². The maximum absolute atomic E-state index is 9.28. The Morgan fingerprint density at radius 2 is 2.00 bits per heavy atom. The predicted molar refractivity (Wildman–Crippen MR) is 64.8 cm³/mol. The van der Waals surface area contributed by atoms with Gasteiger partial charge in [0.25, 0.3) is 0 Å². The molecule has 0 radical (unpaired) electrons. The second-order valence-corrected chi connectivity index (χ2v) is 4.64. The SMILES string of the molecule is Oc1cccc(OCCC2CCCCC2)c1. The first-order valence-electron chi connectivity index (χ1n) is 6.26. The maximum atomic E-state index is 9.28. The molecule has 88 valence electrons. The predicted octanol–water partition coefficient (Wildman–Crippen LogP) is 3.74. The molecule has 16 heavy (non-hydrogen) atoms. The molecule has 1 fully saturated rings. The molecule has 1 N–H and O–H groups in total. The second kappa shape index (κ2) is 5.78. The third-order valence-electron chi connectivity index (χ3n) is 3.34. The van der Waals surface area contributed by atoms with Gasteiger partial charge in [0.05, 0.1) is 6.61 Å². The summed E-state index contributed by atoms with van der Waals surface area (Å²) in [6.07, 6.45) is 8.06. The topological polar surface area (TPSA) is 29.5 Å². The Bertz CT molecular complexity index is 316. The first-order valence-corrected chi connectivity index (χ1v) is 6.26. The van der Waals surface area contributed by atoms with Crippen LogP contribution in [-0.4, -0.2) is 11.7 Å². The minimum Gasteiger partial charge on any atom is -0.508 e. The lowest BCUT2D eigenvalue weighted by Crippen LogP contribution is -2.10. The molecule has 0 aromatic heterocycles. The van der Waals surface area contributed by atoms with Crippen LogP contribution < -0.4 is 4.74 Å². The van der Waals surface area contributed by atoms with E-state index in [1.165, 1.54) is 32.1 Å². The van der Waals surface area contributed by atoms with Crippen molar-refractivity contribution in [2.45, 2.75) is 38.5 Å². The molecule has 2 nitrogen and oxygen atoms in total. The molecule has 1 aliphatic carbocycles. The molecular weight excluding hydrogens is 200 g/mol. The van der Waals surface area contributed by atoms with E-state index in [-0.39, 0.29) is 5.75 Å². The monoisotopic (exact) mass is 220 g/mol. The van der Waals surface area contributed by atoms with Gasteiger partial charge in [0.15, 0.2) is 0 Å². The molecule has 0 saturated heterocycles. The number of aromatic hydroxyl groups is 1. The van der Waals surface area contributed by atoms with Gasteiger partial charge in [-0.3, -0.25) is 0 Å². The molecule has 2 rings (SSSR count). The minimum absolute atomic E-state index is 0.273. The van der Waals surface area contributed by atoms with Crippen LogP contribution in [0.1, 0.15) is 38.5 Å². The van der Waals surface area contributed by atoms with E-state index in [9.17, 15) is 5.11 Å². The first kappa shape index (κ1) is 11.3. The molecule has 0 spiro atoms. The van der Waals surface area contributed by atoms with E-state index in [4.69, 9.17) is 4.74 Å². The van der Waals surface area contributed by atoms with E-state index < -0.39 is 0 Å². The summed E-state index contributed by atoms with van der Waals surface area (Å²) < 4.78 is 5.63. The summed E-state index contributed by atoms with van der Waals surface area (Å²) in [6, 6.07) is 7.03. The molecule has 1 aromatic rings. The summed E-state index contributed by atoms with van der Waals surface area (Å²) in [6.45, 7) is 0.772. The standard InChI is InChI=1S/C14H20O2/c15-13-7-4-8-14(11-13)16-10-9-12-5-2-1-3-6-12/h4,7-8,11-12,15H,1-3,5-6,9-10H2. The lowest BCUT2D eigenvalue weighted by atomic mass is 9.87. The third kappa shape index (κ3) is 3.44. The van der Waals surface area contributed by atoms with E-state index in [1.807, 2.05) is 12.1 Å². The fourth-order valence-corrected chi connectivity index (χ4v) is 2.39. The Kier molecular flexibility index (Phi) is 4.09. The van der Waals surface area contributed by atoms with Crippen LogP contribution in [0.3, 0.4) is 0 Å². The number of phenols is 1. The van der Waals surface area contributed by atoms with Crippen molar-refractivity contribution in [1.29, 1.82) is 0 Å². The molecule has 1 aromatic carbocycles. The zero-order valence-corrected chi connectivity index (χ0v) is 9.69. The molecular formula is C14H20O2. The van der Waals surface area contributed by atoms with Crippen molar-refractivity contribution in [3.8, 4) is 11.5 Å². The van der Waals surface area contributed by atoms with Crippen molar-refractivity contribution in [3.05, 3.63) is 24.3 Å². The van der Waals surface area contributed by atoms with Crippen LogP contribution in [0.15, 0.2) is 24.3 Å². The summed E-state index contributed by atoms with van der Waals surface area (Å²) in [5.41, 5.74) is 0. The highest BCUT2D eigenvalue weighted by molar-refractivity contribution is 5.31. The Balaban J connectivity index is 1.71. The second-order valence-electron chi connectivity index (χ2n) is 4.64. The number of hydrogen-bond acceptors (Lipinski definition) is 2. The lowest BCUT2D eigenvalue weighted by Gasteiger charge is -2.21. The number of benzene rings is 1. The van der Waals surface area contributed by atoms with Gasteiger partial charge in [-0.1, -0.05) is 38.2 Å². The highest BCUT2D eigenvalue weighted by Gasteiger charge is 2.12. The average molecular weight is 220 g/mol. The fourth-order valence-electron chi connectivity index (χ4n) is 2.39. The molecule has 1 saturated carbocycles. The van der Waals surface area contributed by atoms with Crippen molar-refractivity contribution < 1.29 is 9.84 Å². The maximum Gasteiger partial charge on any atom is 0.122 e. The molecule has 0 bridgehead atoms. The number of hydrogen-bond donors (Lipinski definition) is 1. The molecule has 0 atom stereocenters. The molecule has 1 aliphatic rings. The normalized spacial score (nSPS) is 17.2. The number of ether oxygens (including phenoxy) is 1. The van der Waals surface area contributed by atoms with Crippen LogP contribution in [0.2, 0.25) is 0 Å². The van der Waals surface area contributed by atoms with E-state index in [1.54, 1.807) is 12.1 Å². The Morgan fingerprint density at radius 3 is 2.75 bits per heavy atom. The van der Waals surface area contributed by atoms with Crippen molar-refractivity contribution in [2.24, 2.45) is 5.92 Å². The Labute approximate surface area is 97.3 Å². The van der Waals surface area contributed by atoms with Gasteiger partial charge in [0.2, 0.25) is 0 Å². The van der Waals surface area contributed by atoms with Gasteiger partial charge < -0.3 is 9.84 Å². The van der Waals surface area contributed by atoms with Gasteiger partial charge in [-0.25, -0.2) is 0 Å². The molecule has 0 aliphatic heterocycles. The van der Waals surface area contributed by atoms with E-state index in [0.717, 1.165) is 24.7 Å². The zero-order valence-electron chi connectivity index (χ0n) is 9.69. The van der Waals surface area contributed by atoms with Gasteiger partial charge in [-0.2, -0.15) is 0 Å². The fraction of sp³-hybridized carbons (Fsp3) is 0.571. The number of phenolic OH excluding ortho intramolecular Hbond substituents is 1. The van der Waals surface area contributed by atoms with E-state index in [2.05, 4.69) is 0 Å². The zero-order chi connectivity index (χ0) is 11.2. The average Bonchev–Trinajstić information content (AvgIpc) is 2.30. The molecule has 0 unspecified atom stereocenters. The first-order chi connectivity index (χ1) is 7.84. The van der Waals surface area contributed by atoms with Crippen LogP contribution in [0.5, 0.6) is 11.5 Å². The van der Waals surface area contributed by atoms with Crippen molar-refractivity contribution in [3.63, 3.8) is 0 Å². The summed E-state index contributed by atoms with van der Waals surface area (Å²) in [4.78, 5) is 0. The van der Waals surface area contributed by atoms with Crippen molar-refractivity contribution in [2.75, 3.05) is 6.61 Å². The van der Waals surface area contributed by atoms with Crippen LogP contribution >= 0.6 is 0 Å². The Hall–Kier alpha value is -1.18. The highest BCUT2D eigenvalue weighted by Crippen LogP contribution is 2.26. The van der Waals surface area contributed by atoms with Gasteiger partial charge in [0, 0.05) is 6.07 Å². The molecule has 0 amide bonds. The largest absolute Gasteiger partial charge is 0.508 e. The van der Waals surface area contributed by atoms with Crippen LogP contribution in [0.4, 0.5) is 0 Å². The lowest BCUT2D eigenvalue weighted by molar-refractivity contribution is 0.245. The third-order valence-corrected chi connectivity index (χ3v) is 3.34. The van der Waals surface area contributed by atoms with Crippen LogP contribution in [0, 0.1) is 5.92 Å². The minimum atomic E-state index is 0.273. The van der Waals surface area contributed by atoms with Crippen molar-refractivity contribution >= 4 is 0 Å². The quantitative estimate of drug-likeness (QED) is 0.837. The summed E-state index contributed by atoms with van der Waals surface area (Å²) in [5, 5.41) is 9.28. The summed E-state index contributed by atoms with van der Waals surface area (Å²) >= 11 is 0. The van der Waals surface area contributed by atoms with Crippen molar-refractivity contribution in [1.82, 2.24) is 0 Å². The Morgan fingerprint density at radius 1 is 1.19 bits per heavy atom. The van der Waals surface area contributed by atoms with Gasteiger partial charge in [-0.15, -0.1) is 0 Å². The highest BCUT2D eigenvalue weighted by atomic mass is 16.5. The molecule has 2 heteroatoms. The summed E-state index contributed by atoms with van der Waals surface area (Å²) in [7, 11) is 0. The van der Waals surface area contributed by atoms with Crippen LogP contribution in [-0.2, 0) is 0 Å². The van der Waals surface area contributed by atoms with Crippen LogP contribution in [0.25, 0.3) is 0 Å². The van der Waals surface area contributed by atoms with Gasteiger partial charge >= 0.3 is 0 Å². The summed E-state index contributed by atoms with van der Waals surface area (Å²) in [5.74, 6) is 1.90. The van der Waals surface area contributed by atoms with Gasteiger partial charge in [0.1, 0.15) is 11.5 Å². The molecule has 0 heterocycles. The number of rotatable bonds is 4. The smallest absolute Gasteiger partial charge is 0.122 e. The van der Waals surface area contributed by atoms with E-state index >= 15 is 0 Å². The van der Waals surface area contributed by atoms with E-state index in [0.29, 0.717) is 0 Å².